The van der Waals surface area contributed by atoms with Crippen molar-refractivity contribution in [2.45, 2.75) is 37.6 Å². The van der Waals surface area contributed by atoms with E-state index in [0.717, 1.165) is 44.1 Å². The third-order valence-electron chi connectivity index (χ3n) is 7.60. The molecule has 41 heavy (non-hydrogen) atoms. The van der Waals surface area contributed by atoms with Crippen LogP contribution in [0.2, 0.25) is 0 Å². The summed E-state index contributed by atoms with van der Waals surface area (Å²) in [5, 5.41) is 4.53. The molecule has 12 heteroatoms. The van der Waals surface area contributed by atoms with Crippen molar-refractivity contribution in [1.29, 1.82) is 0 Å². The fourth-order valence-electron chi connectivity index (χ4n) is 5.45. The van der Waals surface area contributed by atoms with Gasteiger partial charge >= 0.3 is 6.09 Å². The lowest BCUT2D eigenvalue weighted by molar-refractivity contribution is 0.102. The van der Waals surface area contributed by atoms with Crippen molar-refractivity contribution in [2.75, 3.05) is 32.1 Å². The highest BCUT2D eigenvalue weighted by Gasteiger charge is 2.31. The molecule has 1 unspecified atom stereocenters. The number of carbonyl (C=O) groups excluding carboxylic acids is 2. The van der Waals surface area contributed by atoms with Gasteiger partial charge in [-0.2, -0.15) is 4.31 Å². The lowest BCUT2D eigenvalue weighted by Gasteiger charge is -2.30. The number of piperidine rings is 1. The quantitative estimate of drug-likeness (QED) is 0.305. The number of rotatable bonds is 5. The summed E-state index contributed by atoms with van der Waals surface area (Å²) < 4.78 is 33.9. The molecule has 1 N–H and O–H groups in total. The number of thiazole rings is 1. The Morgan fingerprint density at radius 2 is 1.85 bits per heavy atom. The van der Waals surface area contributed by atoms with Gasteiger partial charge < -0.3 is 15.0 Å². The van der Waals surface area contributed by atoms with Crippen LogP contribution in [0.1, 0.15) is 40.6 Å². The van der Waals surface area contributed by atoms with Crippen LogP contribution in [0.4, 0.5) is 9.80 Å². The van der Waals surface area contributed by atoms with E-state index in [4.69, 9.17) is 9.72 Å². The second-order valence-corrected chi connectivity index (χ2v) is 14.5. The molecule has 0 saturated carbocycles. The standard InChI is InChI=1S/C29H30N4O5S3/c1-18-6-5-14-33(16-18)41(36,37)20-11-9-19(10-12-20)26(34)31-28-25(27-30-22-7-3-4-8-23(22)39-27)21-13-15-32(29(35)38-2)17-24(21)40-28/h3-4,7-12,18H,5-6,13-17H2,1-2H3,(H,31,34). The Morgan fingerprint density at radius 3 is 2.59 bits per heavy atom. The Balaban J connectivity index is 1.30. The zero-order chi connectivity index (χ0) is 28.7. The van der Waals surface area contributed by atoms with Crippen LogP contribution in [0.15, 0.2) is 53.4 Å². The summed E-state index contributed by atoms with van der Waals surface area (Å²) >= 11 is 2.99. The molecule has 2 aliphatic heterocycles. The van der Waals surface area contributed by atoms with E-state index in [1.165, 1.54) is 34.9 Å². The number of aromatic nitrogens is 1. The van der Waals surface area contributed by atoms with Crippen LogP contribution in [0.5, 0.6) is 0 Å². The zero-order valence-corrected chi connectivity index (χ0v) is 25.2. The number of hydrogen-bond acceptors (Lipinski definition) is 8. The molecule has 1 saturated heterocycles. The number of anilines is 1. The Morgan fingerprint density at radius 1 is 1.07 bits per heavy atom. The van der Waals surface area contributed by atoms with E-state index < -0.39 is 10.0 Å². The third-order valence-corrected chi connectivity index (χ3v) is 11.7. The third kappa shape index (κ3) is 5.36. The van der Waals surface area contributed by atoms with Gasteiger partial charge in [0.15, 0.2) is 0 Å². The summed E-state index contributed by atoms with van der Waals surface area (Å²) in [7, 11) is -2.25. The van der Waals surface area contributed by atoms with Gasteiger partial charge in [0.05, 0.1) is 28.8 Å². The summed E-state index contributed by atoms with van der Waals surface area (Å²) in [6, 6.07) is 14.0. The highest BCUT2D eigenvalue weighted by Crippen LogP contribution is 2.46. The van der Waals surface area contributed by atoms with Crippen molar-refractivity contribution in [3.05, 3.63) is 64.5 Å². The van der Waals surface area contributed by atoms with Crippen molar-refractivity contribution < 1.29 is 22.7 Å². The summed E-state index contributed by atoms with van der Waals surface area (Å²) in [5.41, 5.74) is 3.19. The van der Waals surface area contributed by atoms with Crippen molar-refractivity contribution in [2.24, 2.45) is 5.92 Å². The van der Waals surface area contributed by atoms with E-state index >= 15 is 0 Å². The van der Waals surface area contributed by atoms with Crippen LogP contribution in [-0.4, -0.2) is 61.4 Å². The first-order chi connectivity index (χ1) is 19.7. The maximum atomic E-state index is 13.4. The summed E-state index contributed by atoms with van der Waals surface area (Å²) in [5.74, 6) is -0.0177. The number of methoxy groups -OCH3 is 1. The minimum atomic E-state index is -3.61. The molecular weight excluding hydrogens is 581 g/mol. The number of carbonyl (C=O) groups is 2. The number of ether oxygens (including phenoxy) is 1. The Hall–Kier alpha value is -3.32. The van der Waals surface area contributed by atoms with Crippen LogP contribution in [0, 0.1) is 5.92 Å². The number of para-hydroxylation sites is 1. The van der Waals surface area contributed by atoms with Crippen molar-refractivity contribution in [1.82, 2.24) is 14.2 Å². The Kier molecular flexibility index (Phi) is 7.58. The molecule has 0 spiro atoms. The fraction of sp³-hybridized carbons (Fsp3) is 0.345. The highest BCUT2D eigenvalue weighted by atomic mass is 32.2. The average molecular weight is 611 g/mol. The predicted octanol–water partition coefficient (Wildman–Crippen LogP) is 5.82. The molecule has 2 aromatic heterocycles. The van der Waals surface area contributed by atoms with Crippen LogP contribution < -0.4 is 5.32 Å². The van der Waals surface area contributed by atoms with Crippen LogP contribution in [0.25, 0.3) is 20.8 Å². The molecule has 6 rings (SSSR count). The molecule has 2 aliphatic rings. The summed E-state index contributed by atoms with van der Waals surface area (Å²) in [4.78, 5) is 33.3. The molecule has 214 valence electrons. The van der Waals surface area contributed by atoms with Gasteiger partial charge in [-0.1, -0.05) is 19.1 Å². The maximum Gasteiger partial charge on any atom is 0.409 e. The molecule has 1 atom stereocenters. The van der Waals surface area contributed by atoms with Crippen molar-refractivity contribution >= 4 is 59.9 Å². The number of amides is 2. The second kappa shape index (κ2) is 11.2. The van der Waals surface area contributed by atoms with E-state index in [0.29, 0.717) is 49.1 Å². The van der Waals surface area contributed by atoms with Crippen molar-refractivity contribution in [3.8, 4) is 10.6 Å². The van der Waals surface area contributed by atoms with Crippen LogP contribution >= 0.6 is 22.7 Å². The van der Waals surface area contributed by atoms with Gasteiger partial charge in [-0.3, -0.25) is 4.79 Å². The van der Waals surface area contributed by atoms with Gasteiger partial charge in [0.1, 0.15) is 10.0 Å². The molecular formula is C29H30N4O5S3. The number of nitrogens with one attached hydrogen (secondary N) is 1. The average Bonchev–Trinajstić information content (AvgIpc) is 3.57. The minimum absolute atomic E-state index is 0.188. The van der Waals surface area contributed by atoms with Gasteiger partial charge in [0, 0.05) is 35.6 Å². The van der Waals surface area contributed by atoms with Crippen LogP contribution in [-0.2, 0) is 27.7 Å². The molecule has 2 amide bonds. The number of nitrogens with zero attached hydrogens (tertiary/aromatic N) is 3. The SMILES string of the molecule is COC(=O)N1CCc2c(sc(NC(=O)c3ccc(S(=O)(=O)N4CCCC(C)C4)cc3)c2-c2nc3ccccc3s2)C1. The largest absolute Gasteiger partial charge is 0.453 e. The van der Waals surface area contributed by atoms with Gasteiger partial charge in [0.2, 0.25) is 10.0 Å². The number of sulfonamides is 1. The number of thiophene rings is 1. The van der Waals surface area contributed by atoms with Gasteiger partial charge in [-0.25, -0.2) is 18.2 Å². The topological polar surface area (TPSA) is 109 Å². The first kappa shape index (κ1) is 27.8. The molecule has 0 bridgehead atoms. The van der Waals surface area contributed by atoms with E-state index in [2.05, 4.69) is 12.2 Å². The van der Waals surface area contributed by atoms with Gasteiger partial charge in [-0.15, -0.1) is 22.7 Å². The van der Waals surface area contributed by atoms with E-state index in [1.807, 2.05) is 24.3 Å². The number of hydrogen-bond donors (Lipinski definition) is 1. The van der Waals surface area contributed by atoms with E-state index in [1.54, 1.807) is 28.4 Å². The zero-order valence-electron chi connectivity index (χ0n) is 22.8. The maximum absolute atomic E-state index is 13.4. The Bertz CT molecular complexity index is 1700. The molecule has 2 aromatic carbocycles. The molecule has 9 nitrogen and oxygen atoms in total. The minimum Gasteiger partial charge on any atom is -0.453 e. The van der Waals surface area contributed by atoms with Gasteiger partial charge in [-0.05, 0) is 67.1 Å². The molecule has 4 aromatic rings. The first-order valence-electron chi connectivity index (χ1n) is 13.5. The summed E-state index contributed by atoms with van der Waals surface area (Å²) in [6.07, 6.45) is 2.10. The highest BCUT2D eigenvalue weighted by molar-refractivity contribution is 7.89. The molecule has 4 heterocycles. The second-order valence-electron chi connectivity index (χ2n) is 10.4. The Labute approximate surface area is 246 Å². The smallest absolute Gasteiger partial charge is 0.409 e. The number of fused-ring (bicyclic) bond motifs is 2. The summed E-state index contributed by atoms with van der Waals surface area (Å²) in [6.45, 7) is 3.98. The molecule has 1 fully saturated rings. The first-order valence-corrected chi connectivity index (χ1v) is 16.6. The lowest BCUT2D eigenvalue weighted by atomic mass is 10.0. The molecule has 0 radical (unpaired) electrons. The van der Waals surface area contributed by atoms with Crippen molar-refractivity contribution in [3.63, 3.8) is 0 Å². The lowest BCUT2D eigenvalue weighted by Crippen LogP contribution is -2.39. The van der Waals surface area contributed by atoms with Gasteiger partial charge in [0.25, 0.3) is 5.91 Å². The van der Waals surface area contributed by atoms with E-state index in [-0.39, 0.29) is 16.9 Å². The van der Waals surface area contributed by atoms with Crippen LogP contribution in [0.3, 0.4) is 0 Å². The molecule has 0 aliphatic carbocycles. The predicted molar refractivity (Wildman–Crippen MR) is 161 cm³/mol. The fourth-order valence-corrected chi connectivity index (χ4v) is 9.42. The normalized spacial score (nSPS) is 17.8. The number of benzene rings is 2. The van der Waals surface area contributed by atoms with E-state index in [9.17, 15) is 18.0 Å². The monoisotopic (exact) mass is 610 g/mol.